The molecule has 0 aliphatic heterocycles. The first-order chi connectivity index (χ1) is 8.08. The second-order valence-corrected chi connectivity index (χ2v) is 4.97. The minimum Gasteiger partial charge on any atom is -0.334 e. The van der Waals surface area contributed by atoms with Crippen molar-refractivity contribution in [1.29, 1.82) is 0 Å². The highest BCUT2D eigenvalue weighted by Crippen LogP contribution is 2.28. The van der Waals surface area contributed by atoms with E-state index in [1.807, 2.05) is 4.90 Å². The van der Waals surface area contributed by atoms with Gasteiger partial charge in [-0.05, 0) is 32.3 Å². The lowest BCUT2D eigenvalue weighted by molar-refractivity contribution is -0.133. The fourth-order valence-electron chi connectivity index (χ4n) is 1.92. The van der Waals surface area contributed by atoms with E-state index in [-0.39, 0.29) is 5.91 Å². The molecule has 0 bridgehead atoms. The van der Waals surface area contributed by atoms with Gasteiger partial charge in [0, 0.05) is 12.6 Å². The van der Waals surface area contributed by atoms with Gasteiger partial charge in [0.05, 0.1) is 6.04 Å². The standard InChI is InChI=1S/C14H20N2O/c1-10-3-5-12(6-4-10)9-16(13-7-8-13)14(17)11(2)15/h3-6,11,13H,7-9,15H2,1-2H3/t11-/m0/s1. The number of carbonyl (C=O) groups excluding carboxylic acids is 1. The zero-order valence-corrected chi connectivity index (χ0v) is 10.5. The van der Waals surface area contributed by atoms with Crippen LogP contribution in [0.5, 0.6) is 0 Å². The zero-order valence-electron chi connectivity index (χ0n) is 10.5. The maximum Gasteiger partial charge on any atom is 0.239 e. The number of benzene rings is 1. The molecule has 3 heteroatoms. The quantitative estimate of drug-likeness (QED) is 0.861. The first-order valence-corrected chi connectivity index (χ1v) is 6.19. The lowest BCUT2D eigenvalue weighted by atomic mass is 10.1. The summed E-state index contributed by atoms with van der Waals surface area (Å²) in [5.41, 5.74) is 8.11. The van der Waals surface area contributed by atoms with Gasteiger partial charge < -0.3 is 10.6 Å². The highest BCUT2D eigenvalue weighted by molar-refractivity contribution is 5.81. The van der Waals surface area contributed by atoms with Crippen molar-refractivity contribution in [1.82, 2.24) is 4.90 Å². The molecular weight excluding hydrogens is 212 g/mol. The van der Waals surface area contributed by atoms with Gasteiger partial charge in [0.1, 0.15) is 0 Å². The normalized spacial score (nSPS) is 16.6. The Balaban J connectivity index is 2.07. The summed E-state index contributed by atoms with van der Waals surface area (Å²) in [4.78, 5) is 13.9. The Bertz CT molecular complexity index is 393. The summed E-state index contributed by atoms with van der Waals surface area (Å²) in [7, 11) is 0. The number of nitrogens with zero attached hydrogens (tertiary/aromatic N) is 1. The van der Waals surface area contributed by atoms with Crippen molar-refractivity contribution < 1.29 is 4.79 Å². The molecule has 1 aliphatic rings. The molecule has 0 unspecified atom stereocenters. The van der Waals surface area contributed by atoms with E-state index in [4.69, 9.17) is 5.73 Å². The van der Waals surface area contributed by atoms with Crippen LogP contribution in [0.3, 0.4) is 0 Å². The van der Waals surface area contributed by atoms with Gasteiger partial charge in [-0.2, -0.15) is 0 Å². The third kappa shape index (κ3) is 3.07. The average Bonchev–Trinajstić information content (AvgIpc) is 3.11. The van der Waals surface area contributed by atoms with Crippen LogP contribution in [0.15, 0.2) is 24.3 Å². The predicted molar refractivity (Wildman–Crippen MR) is 68.4 cm³/mol. The molecule has 1 atom stereocenters. The fourth-order valence-corrected chi connectivity index (χ4v) is 1.92. The number of nitrogens with two attached hydrogens (primary N) is 1. The Morgan fingerprint density at radius 2 is 2.00 bits per heavy atom. The summed E-state index contributed by atoms with van der Waals surface area (Å²) in [5.74, 6) is 0.0630. The topological polar surface area (TPSA) is 46.3 Å². The van der Waals surface area contributed by atoms with E-state index in [1.54, 1.807) is 6.92 Å². The molecule has 2 rings (SSSR count). The van der Waals surface area contributed by atoms with E-state index in [0.717, 1.165) is 12.8 Å². The monoisotopic (exact) mass is 232 g/mol. The summed E-state index contributed by atoms with van der Waals surface area (Å²) in [5, 5.41) is 0. The first-order valence-electron chi connectivity index (χ1n) is 6.19. The Labute approximate surface area is 103 Å². The summed E-state index contributed by atoms with van der Waals surface area (Å²) in [6.07, 6.45) is 2.23. The van der Waals surface area contributed by atoms with E-state index in [9.17, 15) is 4.79 Å². The van der Waals surface area contributed by atoms with Crippen molar-refractivity contribution in [2.24, 2.45) is 5.73 Å². The fraction of sp³-hybridized carbons (Fsp3) is 0.500. The summed E-state index contributed by atoms with van der Waals surface area (Å²) in [6, 6.07) is 8.34. The molecule has 0 saturated heterocycles. The lowest BCUT2D eigenvalue weighted by Gasteiger charge is -2.24. The average molecular weight is 232 g/mol. The van der Waals surface area contributed by atoms with E-state index in [0.29, 0.717) is 12.6 Å². The van der Waals surface area contributed by atoms with Crippen LogP contribution in [0.4, 0.5) is 0 Å². The summed E-state index contributed by atoms with van der Waals surface area (Å²) < 4.78 is 0. The molecule has 1 fully saturated rings. The molecule has 1 aromatic carbocycles. The van der Waals surface area contributed by atoms with Gasteiger partial charge in [0.15, 0.2) is 0 Å². The maximum atomic E-state index is 12.0. The number of carbonyl (C=O) groups is 1. The SMILES string of the molecule is Cc1ccc(CN(C(=O)[C@H](C)N)C2CC2)cc1. The number of amides is 1. The molecule has 2 N–H and O–H groups in total. The van der Waals surface area contributed by atoms with E-state index in [2.05, 4.69) is 31.2 Å². The van der Waals surface area contributed by atoms with Crippen LogP contribution in [0.2, 0.25) is 0 Å². The summed E-state index contributed by atoms with van der Waals surface area (Å²) in [6.45, 7) is 4.51. The smallest absolute Gasteiger partial charge is 0.239 e. The van der Waals surface area contributed by atoms with Crippen molar-refractivity contribution in [3.8, 4) is 0 Å². The molecule has 92 valence electrons. The second kappa shape index (κ2) is 4.88. The number of hydrogen-bond acceptors (Lipinski definition) is 2. The van der Waals surface area contributed by atoms with Gasteiger partial charge in [-0.3, -0.25) is 4.79 Å². The highest BCUT2D eigenvalue weighted by Gasteiger charge is 2.33. The number of aryl methyl sites for hydroxylation is 1. The van der Waals surface area contributed by atoms with E-state index >= 15 is 0 Å². The number of rotatable bonds is 4. The van der Waals surface area contributed by atoms with Crippen molar-refractivity contribution in [2.45, 2.75) is 45.3 Å². The molecule has 0 spiro atoms. The molecule has 1 amide bonds. The van der Waals surface area contributed by atoms with Crippen LogP contribution < -0.4 is 5.73 Å². The molecule has 1 aromatic rings. The highest BCUT2D eigenvalue weighted by atomic mass is 16.2. The van der Waals surface area contributed by atoms with Gasteiger partial charge in [-0.25, -0.2) is 0 Å². The minimum atomic E-state index is -0.402. The molecule has 0 radical (unpaired) electrons. The molecule has 17 heavy (non-hydrogen) atoms. The molecular formula is C14H20N2O. The lowest BCUT2D eigenvalue weighted by Crippen LogP contribution is -2.42. The maximum absolute atomic E-state index is 12.0. The molecule has 1 aliphatic carbocycles. The summed E-state index contributed by atoms with van der Waals surface area (Å²) >= 11 is 0. The van der Waals surface area contributed by atoms with Crippen molar-refractivity contribution >= 4 is 5.91 Å². The Hall–Kier alpha value is -1.35. The Morgan fingerprint density at radius 1 is 1.41 bits per heavy atom. The van der Waals surface area contributed by atoms with Crippen LogP contribution in [0.1, 0.15) is 30.9 Å². The van der Waals surface area contributed by atoms with Crippen molar-refractivity contribution in [3.05, 3.63) is 35.4 Å². The molecule has 1 saturated carbocycles. The van der Waals surface area contributed by atoms with Gasteiger partial charge in [-0.15, -0.1) is 0 Å². The first kappa shape index (κ1) is 12.1. The largest absolute Gasteiger partial charge is 0.334 e. The third-order valence-electron chi connectivity index (χ3n) is 3.13. The van der Waals surface area contributed by atoms with Crippen LogP contribution in [0.25, 0.3) is 0 Å². The van der Waals surface area contributed by atoms with E-state index in [1.165, 1.54) is 11.1 Å². The Morgan fingerprint density at radius 3 is 2.47 bits per heavy atom. The van der Waals surface area contributed by atoms with Crippen LogP contribution in [0, 0.1) is 6.92 Å². The van der Waals surface area contributed by atoms with Gasteiger partial charge in [0.25, 0.3) is 0 Å². The predicted octanol–water partition coefficient (Wildman–Crippen LogP) is 1.83. The van der Waals surface area contributed by atoms with Crippen molar-refractivity contribution in [2.75, 3.05) is 0 Å². The third-order valence-corrected chi connectivity index (χ3v) is 3.13. The van der Waals surface area contributed by atoms with Crippen LogP contribution >= 0.6 is 0 Å². The van der Waals surface area contributed by atoms with E-state index < -0.39 is 6.04 Å². The van der Waals surface area contributed by atoms with Crippen LogP contribution in [-0.2, 0) is 11.3 Å². The van der Waals surface area contributed by atoms with Crippen LogP contribution in [-0.4, -0.2) is 22.9 Å². The van der Waals surface area contributed by atoms with Gasteiger partial charge in [-0.1, -0.05) is 29.8 Å². The minimum absolute atomic E-state index is 0.0630. The zero-order chi connectivity index (χ0) is 12.4. The molecule has 0 aromatic heterocycles. The van der Waals surface area contributed by atoms with Crippen molar-refractivity contribution in [3.63, 3.8) is 0 Å². The Kier molecular flexibility index (Phi) is 3.48. The molecule has 0 heterocycles. The second-order valence-electron chi connectivity index (χ2n) is 4.97. The molecule has 3 nitrogen and oxygen atoms in total. The van der Waals surface area contributed by atoms with Gasteiger partial charge >= 0.3 is 0 Å². The number of hydrogen-bond donors (Lipinski definition) is 1. The van der Waals surface area contributed by atoms with Gasteiger partial charge in [0.2, 0.25) is 5.91 Å².